The normalized spacial score (nSPS) is 10.2. The minimum absolute atomic E-state index is 0.716. The van der Waals surface area contributed by atoms with E-state index in [4.69, 9.17) is 16.3 Å². The summed E-state index contributed by atoms with van der Waals surface area (Å²) in [7, 11) is 0. The molecule has 2 aromatic carbocycles. The van der Waals surface area contributed by atoms with Gasteiger partial charge in [-0.3, -0.25) is 0 Å². The van der Waals surface area contributed by atoms with E-state index in [1.165, 1.54) is 11.1 Å². The van der Waals surface area contributed by atoms with Crippen molar-refractivity contribution in [3.05, 3.63) is 58.6 Å². The maximum atomic E-state index is 5.81. The lowest BCUT2D eigenvalue weighted by molar-refractivity contribution is 0.482. The highest BCUT2D eigenvalue weighted by Crippen LogP contribution is 2.24. The summed E-state index contributed by atoms with van der Waals surface area (Å²) in [6.07, 6.45) is 0. The molecule has 0 heterocycles. The third-order valence-corrected chi connectivity index (χ3v) is 2.50. The molecule has 0 aromatic heterocycles. The van der Waals surface area contributed by atoms with Crippen molar-refractivity contribution < 1.29 is 4.74 Å². The molecule has 0 aliphatic carbocycles. The predicted molar refractivity (Wildman–Crippen MR) is 67.4 cm³/mol. The van der Waals surface area contributed by atoms with Crippen LogP contribution in [0.5, 0.6) is 11.5 Å². The Kier molecular flexibility index (Phi) is 3.16. The molecule has 0 aliphatic heterocycles. The minimum Gasteiger partial charge on any atom is -0.457 e. The fourth-order valence-corrected chi connectivity index (χ4v) is 1.76. The Hall–Kier alpha value is -1.47. The maximum Gasteiger partial charge on any atom is 0.127 e. The second kappa shape index (κ2) is 4.58. The first kappa shape index (κ1) is 11.0. The Balaban J connectivity index is 2.23. The van der Waals surface area contributed by atoms with Gasteiger partial charge in [-0.05, 0) is 61.4 Å². The molecule has 2 heteroatoms. The molecule has 0 aliphatic rings. The lowest BCUT2D eigenvalue weighted by Gasteiger charge is -2.07. The van der Waals surface area contributed by atoms with Crippen molar-refractivity contribution in [2.24, 2.45) is 0 Å². The SMILES string of the molecule is Cc1cc(C)cc(Oc2ccc(Cl)cc2)c1. The summed E-state index contributed by atoms with van der Waals surface area (Å²) in [5, 5.41) is 0.716. The molecule has 0 unspecified atom stereocenters. The highest BCUT2D eigenvalue weighted by Gasteiger charge is 1.99. The van der Waals surface area contributed by atoms with E-state index < -0.39 is 0 Å². The first-order valence-corrected chi connectivity index (χ1v) is 5.53. The molecule has 0 amide bonds. The summed E-state index contributed by atoms with van der Waals surface area (Å²) < 4.78 is 5.74. The lowest BCUT2D eigenvalue weighted by Crippen LogP contribution is -1.86. The topological polar surface area (TPSA) is 9.23 Å². The van der Waals surface area contributed by atoms with Crippen molar-refractivity contribution in [3.8, 4) is 11.5 Å². The summed E-state index contributed by atoms with van der Waals surface area (Å²) in [6.45, 7) is 4.11. The Morgan fingerprint density at radius 3 is 1.94 bits per heavy atom. The van der Waals surface area contributed by atoms with E-state index >= 15 is 0 Å². The van der Waals surface area contributed by atoms with Crippen LogP contribution < -0.4 is 4.74 Å². The summed E-state index contributed by atoms with van der Waals surface area (Å²) in [5.74, 6) is 1.66. The van der Waals surface area contributed by atoms with E-state index in [9.17, 15) is 0 Å². The van der Waals surface area contributed by atoms with Crippen molar-refractivity contribution in [3.63, 3.8) is 0 Å². The standard InChI is InChI=1S/C14H13ClO/c1-10-7-11(2)9-14(8-10)16-13-5-3-12(15)4-6-13/h3-9H,1-2H3. The van der Waals surface area contributed by atoms with Gasteiger partial charge in [-0.25, -0.2) is 0 Å². The molecular weight excluding hydrogens is 220 g/mol. The minimum atomic E-state index is 0.716. The van der Waals surface area contributed by atoms with Crippen LogP contribution in [0.15, 0.2) is 42.5 Å². The first-order valence-electron chi connectivity index (χ1n) is 5.15. The number of ether oxygens (including phenoxy) is 1. The molecule has 0 atom stereocenters. The van der Waals surface area contributed by atoms with Crippen molar-refractivity contribution in [1.29, 1.82) is 0 Å². The molecule has 2 aromatic rings. The van der Waals surface area contributed by atoms with E-state index in [2.05, 4.69) is 19.9 Å². The van der Waals surface area contributed by atoms with Crippen LogP contribution in [0.3, 0.4) is 0 Å². The van der Waals surface area contributed by atoms with Gasteiger partial charge in [0.25, 0.3) is 0 Å². The number of halogens is 1. The van der Waals surface area contributed by atoms with E-state index in [-0.39, 0.29) is 0 Å². The Bertz CT molecular complexity index is 468. The maximum absolute atomic E-state index is 5.81. The number of hydrogen-bond donors (Lipinski definition) is 0. The van der Waals surface area contributed by atoms with Crippen LogP contribution in [0.2, 0.25) is 5.02 Å². The van der Waals surface area contributed by atoms with Gasteiger partial charge in [0, 0.05) is 5.02 Å². The fraction of sp³-hybridized carbons (Fsp3) is 0.143. The van der Waals surface area contributed by atoms with Crippen molar-refractivity contribution in [2.45, 2.75) is 13.8 Å². The molecule has 0 radical (unpaired) electrons. The van der Waals surface area contributed by atoms with Gasteiger partial charge < -0.3 is 4.74 Å². The lowest BCUT2D eigenvalue weighted by atomic mass is 10.1. The van der Waals surface area contributed by atoms with Crippen molar-refractivity contribution >= 4 is 11.6 Å². The Labute approximate surface area is 101 Å². The molecule has 0 saturated heterocycles. The summed E-state index contributed by atoms with van der Waals surface area (Å²) >= 11 is 5.81. The van der Waals surface area contributed by atoms with E-state index in [1.54, 1.807) is 0 Å². The molecular formula is C14H13ClO. The number of benzene rings is 2. The zero-order chi connectivity index (χ0) is 11.5. The molecule has 0 bridgehead atoms. The molecule has 0 spiro atoms. The van der Waals surface area contributed by atoms with Crippen LogP contribution in [-0.2, 0) is 0 Å². The van der Waals surface area contributed by atoms with Crippen LogP contribution in [0.1, 0.15) is 11.1 Å². The molecule has 1 nitrogen and oxygen atoms in total. The van der Waals surface area contributed by atoms with E-state index in [1.807, 2.05) is 36.4 Å². The molecule has 0 saturated carbocycles. The van der Waals surface area contributed by atoms with Crippen LogP contribution >= 0.6 is 11.6 Å². The third kappa shape index (κ3) is 2.77. The van der Waals surface area contributed by atoms with Crippen molar-refractivity contribution in [2.75, 3.05) is 0 Å². The zero-order valence-electron chi connectivity index (χ0n) is 9.33. The van der Waals surface area contributed by atoms with Crippen LogP contribution in [0.4, 0.5) is 0 Å². The van der Waals surface area contributed by atoms with Gasteiger partial charge in [0.05, 0.1) is 0 Å². The number of hydrogen-bond acceptors (Lipinski definition) is 1. The summed E-state index contributed by atoms with van der Waals surface area (Å²) in [6, 6.07) is 13.5. The Morgan fingerprint density at radius 2 is 1.38 bits per heavy atom. The van der Waals surface area contributed by atoms with Gasteiger partial charge in [0.2, 0.25) is 0 Å². The number of aryl methyl sites for hydroxylation is 2. The molecule has 0 N–H and O–H groups in total. The predicted octanol–water partition coefficient (Wildman–Crippen LogP) is 4.75. The summed E-state index contributed by atoms with van der Waals surface area (Å²) in [5.41, 5.74) is 2.40. The quantitative estimate of drug-likeness (QED) is 0.726. The highest BCUT2D eigenvalue weighted by molar-refractivity contribution is 6.30. The van der Waals surface area contributed by atoms with Crippen LogP contribution in [-0.4, -0.2) is 0 Å². The van der Waals surface area contributed by atoms with Crippen LogP contribution in [0, 0.1) is 13.8 Å². The van der Waals surface area contributed by atoms with E-state index in [0.717, 1.165) is 11.5 Å². The highest BCUT2D eigenvalue weighted by atomic mass is 35.5. The van der Waals surface area contributed by atoms with Gasteiger partial charge in [0.1, 0.15) is 11.5 Å². The Morgan fingerprint density at radius 1 is 0.812 bits per heavy atom. The van der Waals surface area contributed by atoms with Gasteiger partial charge >= 0.3 is 0 Å². The van der Waals surface area contributed by atoms with Crippen molar-refractivity contribution in [1.82, 2.24) is 0 Å². The first-order chi connectivity index (χ1) is 7.63. The average Bonchev–Trinajstić information content (AvgIpc) is 2.20. The number of rotatable bonds is 2. The second-order valence-electron chi connectivity index (χ2n) is 3.88. The molecule has 82 valence electrons. The average molecular weight is 233 g/mol. The zero-order valence-corrected chi connectivity index (χ0v) is 10.1. The third-order valence-electron chi connectivity index (χ3n) is 2.24. The van der Waals surface area contributed by atoms with Crippen LogP contribution in [0.25, 0.3) is 0 Å². The van der Waals surface area contributed by atoms with Gasteiger partial charge in [-0.1, -0.05) is 17.7 Å². The fourth-order valence-electron chi connectivity index (χ4n) is 1.63. The van der Waals surface area contributed by atoms with Gasteiger partial charge in [0.15, 0.2) is 0 Å². The molecule has 0 fully saturated rings. The van der Waals surface area contributed by atoms with E-state index in [0.29, 0.717) is 5.02 Å². The summed E-state index contributed by atoms with van der Waals surface area (Å²) in [4.78, 5) is 0. The smallest absolute Gasteiger partial charge is 0.127 e. The molecule has 2 rings (SSSR count). The second-order valence-corrected chi connectivity index (χ2v) is 4.32. The largest absolute Gasteiger partial charge is 0.457 e. The van der Waals surface area contributed by atoms with Gasteiger partial charge in [-0.2, -0.15) is 0 Å². The monoisotopic (exact) mass is 232 g/mol. The molecule has 16 heavy (non-hydrogen) atoms. The van der Waals surface area contributed by atoms with Gasteiger partial charge in [-0.15, -0.1) is 0 Å².